The van der Waals surface area contributed by atoms with E-state index in [1.165, 1.54) is 16.3 Å². The molecule has 0 aliphatic carbocycles. The van der Waals surface area contributed by atoms with Crippen LogP contribution in [0.15, 0.2) is 52.4 Å². The fraction of sp³-hybridized carbons (Fsp3) is 0.211. The molecule has 7 heteroatoms. The van der Waals surface area contributed by atoms with E-state index in [2.05, 4.69) is 10.3 Å². The summed E-state index contributed by atoms with van der Waals surface area (Å²) in [5.41, 5.74) is 2.13. The van der Waals surface area contributed by atoms with Crippen LogP contribution in [0.1, 0.15) is 5.56 Å². The Kier molecular flexibility index (Phi) is 5.27. The highest BCUT2D eigenvalue weighted by Gasteiger charge is 2.12. The molecule has 0 unspecified atom stereocenters. The zero-order chi connectivity index (χ0) is 18.7. The number of aromatic nitrogens is 2. The van der Waals surface area contributed by atoms with Crippen molar-refractivity contribution >= 4 is 34.3 Å². The third-order valence-electron chi connectivity index (χ3n) is 3.90. The number of hydrogen-bond donors (Lipinski definition) is 1. The highest BCUT2D eigenvalue weighted by atomic mass is 32.2. The summed E-state index contributed by atoms with van der Waals surface area (Å²) in [5, 5.41) is 3.89. The van der Waals surface area contributed by atoms with Gasteiger partial charge in [-0.2, -0.15) is 0 Å². The Labute approximate surface area is 155 Å². The lowest BCUT2D eigenvalue weighted by Gasteiger charge is -2.11. The number of fused-ring (bicyclic) bond motifs is 1. The Bertz CT molecular complexity index is 1030. The summed E-state index contributed by atoms with van der Waals surface area (Å²) in [7, 11) is 3.22. The average Bonchev–Trinajstić information content (AvgIpc) is 2.64. The largest absolute Gasteiger partial charge is 0.495 e. The molecule has 0 saturated heterocycles. The van der Waals surface area contributed by atoms with E-state index in [9.17, 15) is 9.59 Å². The predicted octanol–water partition coefficient (Wildman–Crippen LogP) is 2.98. The van der Waals surface area contributed by atoms with Crippen molar-refractivity contribution in [1.29, 1.82) is 0 Å². The van der Waals surface area contributed by atoms with Crippen molar-refractivity contribution in [3.63, 3.8) is 0 Å². The van der Waals surface area contributed by atoms with Crippen molar-refractivity contribution < 1.29 is 9.53 Å². The zero-order valence-corrected chi connectivity index (χ0v) is 15.6. The van der Waals surface area contributed by atoms with E-state index in [1.807, 2.05) is 37.3 Å². The second-order valence-corrected chi connectivity index (χ2v) is 6.76. The van der Waals surface area contributed by atoms with Crippen LogP contribution in [-0.2, 0) is 11.8 Å². The summed E-state index contributed by atoms with van der Waals surface area (Å²) in [5.74, 6) is 0.533. The standard InChI is InChI=1S/C19H19N3O3S/c1-12-8-9-14-13(10-12)18(24)22(2)19(21-14)26-11-17(23)20-15-6-4-5-7-16(15)25-3/h4-10H,11H2,1-3H3,(H,20,23). The number of hydrogen-bond acceptors (Lipinski definition) is 5. The van der Waals surface area contributed by atoms with Crippen LogP contribution in [0, 0.1) is 6.92 Å². The highest BCUT2D eigenvalue weighted by molar-refractivity contribution is 7.99. The molecule has 0 aliphatic heterocycles. The Morgan fingerprint density at radius 3 is 2.81 bits per heavy atom. The van der Waals surface area contributed by atoms with E-state index in [4.69, 9.17) is 4.74 Å². The quantitative estimate of drug-likeness (QED) is 0.553. The van der Waals surface area contributed by atoms with Gasteiger partial charge in [0.2, 0.25) is 5.91 Å². The number of rotatable bonds is 5. The van der Waals surface area contributed by atoms with Crippen molar-refractivity contribution in [3.05, 3.63) is 58.4 Å². The molecule has 0 fully saturated rings. The number of thioether (sulfide) groups is 1. The maximum Gasteiger partial charge on any atom is 0.261 e. The first-order valence-corrected chi connectivity index (χ1v) is 9.01. The van der Waals surface area contributed by atoms with Crippen LogP contribution in [0.25, 0.3) is 10.9 Å². The molecule has 1 N–H and O–H groups in total. The lowest BCUT2D eigenvalue weighted by atomic mass is 10.2. The minimum absolute atomic E-state index is 0.119. The molecular formula is C19H19N3O3S. The van der Waals surface area contributed by atoms with Gasteiger partial charge in [0, 0.05) is 7.05 Å². The Morgan fingerprint density at radius 1 is 1.27 bits per heavy atom. The van der Waals surface area contributed by atoms with Gasteiger partial charge in [0.15, 0.2) is 5.16 Å². The predicted molar refractivity (Wildman–Crippen MR) is 104 cm³/mol. The molecule has 0 radical (unpaired) electrons. The van der Waals surface area contributed by atoms with Crippen molar-refractivity contribution in [1.82, 2.24) is 9.55 Å². The molecule has 3 aromatic rings. The SMILES string of the molecule is COc1ccccc1NC(=O)CSc1nc2ccc(C)cc2c(=O)n1C. The number of methoxy groups -OCH3 is 1. The van der Waals surface area contributed by atoms with E-state index < -0.39 is 0 Å². The molecular weight excluding hydrogens is 350 g/mol. The molecule has 0 spiro atoms. The summed E-state index contributed by atoms with van der Waals surface area (Å²) in [6.07, 6.45) is 0. The van der Waals surface area contributed by atoms with E-state index in [0.717, 1.165) is 5.56 Å². The minimum atomic E-state index is -0.197. The van der Waals surface area contributed by atoms with Crippen LogP contribution in [0.5, 0.6) is 5.75 Å². The summed E-state index contributed by atoms with van der Waals surface area (Å²) >= 11 is 1.22. The Hall–Kier alpha value is -2.80. The van der Waals surface area contributed by atoms with E-state index in [0.29, 0.717) is 27.5 Å². The number of para-hydroxylation sites is 2. The molecule has 3 rings (SSSR count). The number of carbonyl (C=O) groups excluding carboxylic acids is 1. The van der Waals surface area contributed by atoms with Crippen LogP contribution in [0.4, 0.5) is 5.69 Å². The van der Waals surface area contributed by atoms with Gasteiger partial charge in [-0.25, -0.2) is 4.98 Å². The number of ether oxygens (including phenoxy) is 1. The average molecular weight is 369 g/mol. The van der Waals surface area contributed by atoms with Crippen LogP contribution in [0.3, 0.4) is 0 Å². The summed E-state index contributed by atoms with van der Waals surface area (Å²) in [6.45, 7) is 1.93. The van der Waals surface area contributed by atoms with Crippen molar-refractivity contribution in [2.75, 3.05) is 18.2 Å². The molecule has 26 heavy (non-hydrogen) atoms. The third-order valence-corrected chi connectivity index (χ3v) is 4.93. The number of benzene rings is 2. The third kappa shape index (κ3) is 3.72. The summed E-state index contributed by atoms with van der Waals surface area (Å²) < 4.78 is 6.70. The summed E-state index contributed by atoms with van der Waals surface area (Å²) in [4.78, 5) is 29.3. The van der Waals surface area contributed by atoms with Gasteiger partial charge < -0.3 is 10.1 Å². The van der Waals surface area contributed by atoms with Crippen LogP contribution in [0.2, 0.25) is 0 Å². The molecule has 2 aromatic carbocycles. The van der Waals surface area contributed by atoms with Crippen LogP contribution >= 0.6 is 11.8 Å². The number of nitrogens with one attached hydrogen (secondary N) is 1. The van der Waals surface area contributed by atoms with E-state index in [1.54, 1.807) is 26.3 Å². The van der Waals surface area contributed by atoms with Gasteiger partial charge >= 0.3 is 0 Å². The zero-order valence-electron chi connectivity index (χ0n) is 14.8. The molecule has 0 saturated carbocycles. The number of amides is 1. The van der Waals surface area contributed by atoms with Gasteiger partial charge in [-0.05, 0) is 31.2 Å². The van der Waals surface area contributed by atoms with E-state index >= 15 is 0 Å². The summed E-state index contributed by atoms with van der Waals surface area (Å²) in [6, 6.07) is 12.8. The second-order valence-electron chi connectivity index (χ2n) is 5.82. The van der Waals surface area contributed by atoms with Gasteiger partial charge in [-0.15, -0.1) is 0 Å². The maximum atomic E-state index is 12.5. The smallest absolute Gasteiger partial charge is 0.261 e. The van der Waals surface area contributed by atoms with E-state index in [-0.39, 0.29) is 17.2 Å². The van der Waals surface area contributed by atoms with Gasteiger partial charge in [0.25, 0.3) is 5.56 Å². The normalized spacial score (nSPS) is 10.7. The number of nitrogens with zero attached hydrogens (tertiary/aromatic N) is 2. The Balaban J connectivity index is 1.77. The van der Waals surface area contributed by atoms with Crippen molar-refractivity contribution in [3.8, 4) is 5.75 Å². The van der Waals surface area contributed by atoms with Crippen LogP contribution < -0.4 is 15.6 Å². The van der Waals surface area contributed by atoms with Gasteiger partial charge in [0.1, 0.15) is 5.75 Å². The first kappa shape index (κ1) is 18.0. The fourth-order valence-corrected chi connectivity index (χ4v) is 3.33. The minimum Gasteiger partial charge on any atom is -0.495 e. The maximum absolute atomic E-state index is 12.5. The monoisotopic (exact) mass is 369 g/mol. The first-order valence-electron chi connectivity index (χ1n) is 8.02. The Morgan fingerprint density at radius 2 is 2.04 bits per heavy atom. The highest BCUT2D eigenvalue weighted by Crippen LogP contribution is 2.24. The molecule has 1 heterocycles. The number of carbonyl (C=O) groups is 1. The molecule has 0 aliphatic rings. The lowest BCUT2D eigenvalue weighted by Crippen LogP contribution is -2.21. The molecule has 134 valence electrons. The fourth-order valence-electron chi connectivity index (χ4n) is 2.56. The number of anilines is 1. The molecule has 6 nitrogen and oxygen atoms in total. The second kappa shape index (κ2) is 7.61. The van der Waals surface area contributed by atoms with Gasteiger partial charge in [-0.1, -0.05) is 35.5 Å². The van der Waals surface area contributed by atoms with Crippen molar-refractivity contribution in [2.24, 2.45) is 7.05 Å². The number of aryl methyl sites for hydroxylation is 1. The topological polar surface area (TPSA) is 73.2 Å². The van der Waals surface area contributed by atoms with Gasteiger partial charge in [0.05, 0.1) is 29.5 Å². The van der Waals surface area contributed by atoms with Crippen molar-refractivity contribution in [2.45, 2.75) is 12.1 Å². The molecule has 0 bridgehead atoms. The molecule has 0 atom stereocenters. The lowest BCUT2D eigenvalue weighted by molar-refractivity contribution is -0.113. The van der Waals surface area contributed by atoms with Gasteiger partial charge in [-0.3, -0.25) is 14.2 Å². The molecule has 1 aromatic heterocycles. The first-order chi connectivity index (χ1) is 12.5. The van der Waals surface area contributed by atoms with Crippen LogP contribution in [-0.4, -0.2) is 28.3 Å². The molecule has 1 amide bonds.